The van der Waals surface area contributed by atoms with E-state index in [9.17, 15) is 9.59 Å². The van der Waals surface area contributed by atoms with Gasteiger partial charge in [0.05, 0.1) is 11.5 Å². The Hall–Kier alpha value is -3.34. The van der Waals surface area contributed by atoms with Crippen LogP contribution in [0.15, 0.2) is 77.1 Å². The first-order valence-corrected chi connectivity index (χ1v) is 13.5. The van der Waals surface area contributed by atoms with E-state index in [1.165, 1.54) is 6.42 Å². The molecule has 5 heteroatoms. The fourth-order valence-electron chi connectivity index (χ4n) is 6.00. The molecule has 5 rings (SSSR count). The molecule has 1 atom stereocenters. The van der Waals surface area contributed by atoms with Gasteiger partial charge in [-0.3, -0.25) is 4.79 Å². The Kier molecular flexibility index (Phi) is 7.23. The molecule has 1 N–H and O–H groups in total. The summed E-state index contributed by atoms with van der Waals surface area (Å²) in [6, 6.07) is 17.8. The van der Waals surface area contributed by atoms with Crippen LogP contribution in [0.1, 0.15) is 82.8 Å². The highest BCUT2D eigenvalue weighted by Gasteiger charge is 2.44. The minimum atomic E-state index is -0.525. The largest absolute Gasteiger partial charge is 0.489 e. The number of Topliss-reactive ketones (excluding diaryl/α,β-unsaturated/α-hetero) is 1. The van der Waals surface area contributed by atoms with Crippen molar-refractivity contribution in [2.75, 3.05) is 0 Å². The van der Waals surface area contributed by atoms with Crippen LogP contribution in [0, 0.1) is 5.41 Å². The first-order chi connectivity index (χ1) is 17.8. The predicted octanol–water partition coefficient (Wildman–Crippen LogP) is 6.75. The van der Waals surface area contributed by atoms with E-state index in [2.05, 4.69) is 19.2 Å². The molecule has 3 aliphatic rings. The fourth-order valence-corrected chi connectivity index (χ4v) is 6.00. The molecule has 37 heavy (non-hydrogen) atoms. The van der Waals surface area contributed by atoms with Gasteiger partial charge in [-0.2, -0.15) is 0 Å². The maximum atomic E-state index is 13.8. The van der Waals surface area contributed by atoms with Gasteiger partial charge in [0.1, 0.15) is 18.5 Å². The number of hydrogen-bond acceptors (Lipinski definition) is 5. The van der Waals surface area contributed by atoms with Crippen molar-refractivity contribution in [3.05, 3.63) is 88.3 Å². The molecule has 0 bridgehead atoms. The molecule has 1 fully saturated rings. The zero-order chi connectivity index (χ0) is 26.0. The van der Waals surface area contributed by atoms with E-state index in [-0.39, 0.29) is 23.3 Å². The number of nitrogens with one attached hydrogen (secondary N) is 1. The van der Waals surface area contributed by atoms with Crippen LogP contribution >= 0.6 is 0 Å². The Bertz CT molecular complexity index is 1230. The van der Waals surface area contributed by atoms with Crippen LogP contribution in [0.5, 0.6) is 5.75 Å². The van der Waals surface area contributed by atoms with E-state index in [0.29, 0.717) is 29.9 Å². The van der Waals surface area contributed by atoms with Crippen molar-refractivity contribution in [2.45, 2.75) is 84.3 Å². The first kappa shape index (κ1) is 25.3. The van der Waals surface area contributed by atoms with Gasteiger partial charge in [0, 0.05) is 29.0 Å². The van der Waals surface area contributed by atoms with Crippen LogP contribution in [0.2, 0.25) is 0 Å². The Morgan fingerprint density at radius 3 is 2.43 bits per heavy atom. The van der Waals surface area contributed by atoms with E-state index in [4.69, 9.17) is 9.47 Å². The summed E-state index contributed by atoms with van der Waals surface area (Å²) in [7, 11) is 0. The van der Waals surface area contributed by atoms with Gasteiger partial charge in [0.2, 0.25) is 0 Å². The standard InChI is InChI=1S/C32H37NO4/c1-21-28(31(35)37-23-14-8-5-9-15-23)29(30-25(33-21)18-32(2,3)19-26(30)34)24-16-10-11-17-27(24)36-20-22-12-6-4-7-13-22/h4,6-7,10-13,16-17,23,29,33H,5,8-9,14-15,18-20H2,1-3H3/t29-/m0/s1. The number of carbonyl (C=O) groups excluding carboxylic acids is 2. The highest BCUT2D eigenvalue weighted by molar-refractivity contribution is 6.04. The normalized spacial score (nSPS) is 21.8. The molecule has 0 spiro atoms. The van der Waals surface area contributed by atoms with Gasteiger partial charge in [0.25, 0.3) is 0 Å². The number of para-hydroxylation sites is 1. The lowest BCUT2D eigenvalue weighted by Crippen LogP contribution is -2.39. The summed E-state index contributed by atoms with van der Waals surface area (Å²) in [4.78, 5) is 27.4. The Balaban J connectivity index is 1.55. The van der Waals surface area contributed by atoms with E-state index in [0.717, 1.165) is 54.6 Å². The highest BCUT2D eigenvalue weighted by Crippen LogP contribution is 2.48. The Morgan fingerprint density at radius 1 is 0.973 bits per heavy atom. The molecule has 0 radical (unpaired) electrons. The fraction of sp³-hybridized carbons (Fsp3) is 0.438. The van der Waals surface area contributed by atoms with Gasteiger partial charge in [-0.15, -0.1) is 0 Å². The third-order valence-electron chi connectivity index (χ3n) is 7.75. The van der Waals surface area contributed by atoms with Gasteiger partial charge >= 0.3 is 5.97 Å². The summed E-state index contributed by atoms with van der Waals surface area (Å²) in [6.45, 7) is 6.57. The third-order valence-corrected chi connectivity index (χ3v) is 7.75. The quantitative estimate of drug-likeness (QED) is 0.446. The van der Waals surface area contributed by atoms with Crippen molar-refractivity contribution in [3.63, 3.8) is 0 Å². The van der Waals surface area contributed by atoms with Crippen molar-refractivity contribution >= 4 is 11.8 Å². The van der Waals surface area contributed by atoms with Gasteiger partial charge in [-0.1, -0.05) is 68.8 Å². The third kappa shape index (κ3) is 5.51. The number of carbonyl (C=O) groups is 2. The first-order valence-electron chi connectivity index (χ1n) is 13.5. The molecular formula is C32H37NO4. The maximum Gasteiger partial charge on any atom is 0.337 e. The number of ether oxygens (including phenoxy) is 2. The second kappa shape index (κ2) is 10.6. The monoisotopic (exact) mass is 499 g/mol. The Morgan fingerprint density at radius 2 is 1.68 bits per heavy atom. The second-order valence-electron chi connectivity index (χ2n) is 11.4. The number of allylic oxidation sites excluding steroid dienone is 3. The molecule has 0 amide bonds. The van der Waals surface area contributed by atoms with Crippen LogP contribution in [-0.2, 0) is 20.9 Å². The molecule has 2 aromatic carbocycles. The van der Waals surface area contributed by atoms with Crippen molar-refractivity contribution < 1.29 is 19.1 Å². The van der Waals surface area contributed by atoms with Crippen molar-refractivity contribution in [1.29, 1.82) is 0 Å². The molecule has 0 aromatic heterocycles. The van der Waals surface area contributed by atoms with E-state index < -0.39 is 5.92 Å². The van der Waals surface area contributed by atoms with E-state index >= 15 is 0 Å². The molecular weight excluding hydrogens is 462 g/mol. The van der Waals surface area contributed by atoms with Crippen molar-refractivity contribution in [2.24, 2.45) is 5.41 Å². The highest BCUT2D eigenvalue weighted by atomic mass is 16.5. The van der Waals surface area contributed by atoms with Crippen LogP contribution in [0.3, 0.4) is 0 Å². The van der Waals surface area contributed by atoms with Crippen LogP contribution in [0.25, 0.3) is 0 Å². The predicted molar refractivity (Wildman–Crippen MR) is 144 cm³/mol. The SMILES string of the molecule is CC1=C(C(=O)OC2CCCCC2)[C@H](c2ccccc2OCc2ccccc2)C2=C(CC(C)(C)CC2=O)N1. The number of benzene rings is 2. The average Bonchev–Trinajstić information content (AvgIpc) is 2.87. The summed E-state index contributed by atoms with van der Waals surface area (Å²) >= 11 is 0. The molecule has 2 aromatic rings. The van der Waals surface area contributed by atoms with Crippen LogP contribution < -0.4 is 10.1 Å². The molecule has 194 valence electrons. The Labute approximate surface area is 219 Å². The lowest BCUT2D eigenvalue weighted by molar-refractivity contribution is -0.146. The lowest BCUT2D eigenvalue weighted by Gasteiger charge is -2.40. The number of rotatable bonds is 6. The summed E-state index contributed by atoms with van der Waals surface area (Å²) in [5.41, 5.74) is 4.61. The smallest absolute Gasteiger partial charge is 0.337 e. The number of hydrogen-bond donors (Lipinski definition) is 1. The molecule has 0 saturated heterocycles. The van der Waals surface area contributed by atoms with Gasteiger partial charge in [0.15, 0.2) is 5.78 Å². The molecule has 1 saturated carbocycles. The molecule has 1 heterocycles. The minimum Gasteiger partial charge on any atom is -0.489 e. The van der Waals surface area contributed by atoms with Crippen LogP contribution in [-0.4, -0.2) is 17.9 Å². The number of dihydropyridines is 1. The zero-order valence-corrected chi connectivity index (χ0v) is 22.1. The van der Waals surface area contributed by atoms with Gasteiger partial charge < -0.3 is 14.8 Å². The number of esters is 1. The van der Waals surface area contributed by atoms with E-state index in [1.54, 1.807) is 0 Å². The summed E-state index contributed by atoms with van der Waals surface area (Å²) in [6.07, 6.45) is 6.27. The molecule has 1 aliphatic heterocycles. The summed E-state index contributed by atoms with van der Waals surface area (Å²) in [5, 5.41) is 3.45. The zero-order valence-electron chi connectivity index (χ0n) is 22.1. The second-order valence-corrected chi connectivity index (χ2v) is 11.4. The summed E-state index contributed by atoms with van der Waals surface area (Å²) in [5.74, 6) is -0.0950. The van der Waals surface area contributed by atoms with Crippen molar-refractivity contribution in [3.8, 4) is 5.75 Å². The molecule has 0 unspecified atom stereocenters. The topological polar surface area (TPSA) is 64.6 Å². The average molecular weight is 500 g/mol. The van der Waals surface area contributed by atoms with Gasteiger partial charge in [-0.05, 0) is 56.1 Å². The van der Waals surface area contributed by atoms with Crippen LogP contribution in [0.4, 0.5) is 0 Å². The lowest BCUT2D eigenvalue weighted by atomic mass is 9.68. The van der Waals surface area contributed by atoms with E-state index in [1.807, 2.05) is 61.5 Å². The maximum absolute atomic E-state index is 13.8. The summed E-state index contributed by atoms with van der Waals surface area (Å²) < 4.78 is 12.4. The number of ketones is 1. The van der Waals surface area contributed by atoms with Gasteiger partial charge in [-0.25, -0.2) is 4.79 Å². The molecule has 5 nitrogen and oxygen atoms in total. The minimum absolute atomic E-state index is 0.0665. The molecule has 2 aliphatic carbocycles. The van der Waals surface area contributed by atoms with Crippen molar-refractivity contribution in [1.82, 2.24) is 5.32 Å².